The third-order valence-corrected chi connectivity index (χ3v) is 3.21. The Kier molecular flexibility index (Phi) is 3.11. The predicted molar refractivity (Wildman–Crippen MR) is 54.7 cm³/mol. The third-order valence-electron chi connectivity index (χ3n) is 3.21. The summed E-state index contributed by atoms with van der Waals surface area (Å²) in [7, 11) is 1.95. The summed E-state index contributed by atoms with van der Waals surface area (Å²) >= 11 is 0. The summed E-state index contributed by atoms with van der Waals surface area (Å²) in [5.74, 6) is -1.12. The van der Waals surface area contributed by atoms with Gasteiger partial charge in [-0.1, -0.05) is 0 Å². The summed E-state index contributed by atoms with van der Waals surface area (Å²) in [6, 6.07) is 0. The van der Waals surface area contributed by atoms with E-state index in [4.69, 9.17) is 9.84 Å². The van der Waals surface area contributed by atoms with Gasteiger partial charge in [0, 0.05) is 0 Å². The molecule has 0 spiro atoms. The van der Waals surface area contributed by atoms with Crippen LogP contribution in [0.4, 0.5) is 0 Å². The molecular formula is C10H16N2O4. The van der Waals surface area contributed by atoms with Crippen LogP contribution in [0.5, 0.6) is 0 Å². The molecule has 0 saturated carbocycles. The molecule has 0 aliphatic carbocycles. The number of carboxylic acid groups (broad SMARTS) is 1. The van der Waals surface area contributed by atoms with Gasteiger partial charge in [0.1, 0.15) is 6.61 Å². The molecule has 16 heavy (non-hydrogen) atoms. The molecule has 2 fully saturated rings. The monoisotopic (exact) mass is 228 g/mol. The van der Waals surface area contributed by atoms with Crippen LogP contribution in [0.25, 0.3) is 0 Å². The van der Waals surface area contributed by atoms with Gasteiger partial charge in [0.2, 0.25) is 5.91 Å². The third kappa shape index (κ3) is 2.03. The van der Waals surface area contributed by atoms with E-state index < -0.39 is 12.1 Å². The number of nitrogens with zero attached hydrogens (tertiary/aromatic N) is 2. The van der Waals surface area contributed by atoms with E-state index in [9.17, 15) is 9.59 Å². The van der Waals surface area contributed by atoms with Crippen molar-refractivity contribution in [1.29, 1.82) is 0 Å². The minimum absolute atomic E-state index is 0.0400. The van der Waals surface area contributed by atoms with Crippen LogP contribution < -0.4 is 0 Å². The Balaban J connectivity index is 2.06. The van der Waals surface area contributed by atoms with Gasteiger partial charge >= 0.3 is 5.97 Å². The minimum Gasteiger partial charge on any atom is -0.479 e. The summed E-state index contributed by atoms with van der Waals surface area (Å²) in [6.45, 7) is 0.984. The smallest absolute Gasteiger partial charge is 0.334 e. The number of aliphatic carboxylic acids is 1. The molecular weight excluding hydrogens is 212 g/mol. The quantitative estimate of drug-likeness (QED) is 0.680. The van der Waals surface area contributed by atoms with Crippen molar-refractivity contribution in [1.82, 2.24) is 9.80 Å². The van der Waals surface area contributed by atoms with E-state index in [1.807, 2.05) is 7.05 Å². The number of hydrogen-bond donors (Lipinski definition) is 1. The Bertz CT molecular complexity index is 307. The molecule has 6 heteroatoms. The fourth-order valence-corrected chi connectivity index (χ4v) is 2.31. The average molecular weight is 228 g/mol. The van der Waals surface area contributed by atoms with Crippen molar-refractivity contribution in [2.24, 2.45) is 0 Å². The SMILES string of the molecule is CN1CCCC1N1CC(C(=O)O)OCC1=O. The second-order valence-corrected chi connectivity index (χ2v) is 4.29. The highest BCUT2D eigenvalue weighted by Crippen LogP contribution is 2.21. The molecule has 2 unspecified atom stereocenters. The van der Waals surface area contributed by atoms with Crippen molar-refractivity contribution < 1.29 is 19.4 Å². The maximum absolute atomic E-state index is 11.7. The van der Waals surface area contributed by atoms with E-state index in [1.165, 1.54) is 0 Å². The van der Waals surface area contributed by atoms with Crippen LogP contribution in [-0.4, -0.2) is 65.8 Å². The molecule has 2 rings (SSSR count). The first-order chi connectivity index (χ1) is 7.59. The number of amides is 1. The number of hydrogen-bond acceptors (Lipinski definition) is 4. The number of rotatable bonds is 2. The molecule has 0 aromatic rings. The molecule has 2 atom stereocenters. The zero-order chi connectivity index (χ0) is 11.7. The second kappa shape index (κ2) is 4.39. The Morgan fingerprint density at radius 1 is 1.56 bits per heavy atom. The Morgan fingerprint density at radius 2 is 2.31 bits per heavy atom. The molecule has 1 N–H and O–H groups in total. The maximum Gasteiger partial charge on any atom is 0.334 e. The van der Waals surface area contributed by atoms with E-state index in [0.717, 1.165) is 19.4 Å². The average Bonchev–Trinajstić information content (AvgIpc) is 2.65. The van der Waals surface area contributed by atoms with Crippen LogP contribution >= 0.6 is 0 Å². The van der Waals surface area contributed by atoms with Gasteiger partial charge in [0.05, 0.1) is 12.7 Å². The van der Waals surface area contributed by atoms with Gasteiger partial charge in [-0.3, -0.25) is 9.69 Å². The molecule has 2 saturated heterocycles. The first-order valence-electron chi connectivity index (χ1n) is 5.43. The van der Waals surface area contributed by atoms with Gasteiger partial charge < -0.3 is 14.7 Å². The van der Waals surface area contributed by atoms with Gasteiger partial charge in [-0.2, -0.15) is 0 Å². The Hall–Kier alpha value is -1.14. The molecule has 2 heterocycles. The Morgan fingerprint density at radius 3 is 2.88 bits per heavy atom. The number of ether oxygens (including phenoxy) is 1. The van der Waals surface area contributed by atoms with Crippen molar-refractivity contribution in [3.63, 3.8) is 0 Å². The van der Waals surface area contributed by atoms with E-state index in [-0.39, 0.29) is 25.2 Å². The number of morpholine rings is 1. The van der Waals surface area contributed by atoms with Crippen LogP contribution in [0.3, 0.4) is 0 Å². The molecule has 0 radical (unpaired) electrons. The highest BCUT2D eigenvalue weighted by atomic mass is 16.5. The van der Waals surface area contributed by atoms with Gasteiger partial charge in [0.15, 0.2) is 6.10 Å². The number of carbonyl (C=O) groups excluding carboxylic acids is 1. The second-order valence-electron chi connectivity index (χ2n) is 4.29. The number of carbonyl (C=O) groups is 2. The topological polar surface area (TPSA) is 70.1 Å². The lowest BCUT2D eigenvalue weighted by molar-refractivity contribution is -0.169. The van der Waals surface area contributed by atoms with Crippen LogP contribution in [0.2, 0.25) is 0 Å². The molecule has 1 amide bonds. The van der Waals surface area contributed by atoms with Gasteiger partial charge in [-0.05, 0) is 26.4 Å². The molecule has 0 aromatic carbocycles. The lowest BCUT2D eigenvalue weighted by Crippen LogP contribution is -2.56. The molecule has 0 bridgehead atoms. The highest BCUT2D eigenvalue weighted by molar-refractivity contribution is 5.81. The fourth-order valence-electron chi connectivity index (χ4n) is 2.31. The van der Waals surface area contributed by atoms with Crippen molar-refractivity contribution in [2.45, 2.75) is 25.1 Å². The van der Waals surface area contributed by atoms with Gasteiger partial charge in [0.25, 0.3) is 0 Å². The zero-order valence-electron chi connectivity index (χ0n) is 9.26. The predicted octanol–water partition coefficient (Wildman–Crippen LogP) is -0.650. The van der Waals surface area contributed by atoms with Crippen molar-refractivity contribution in [2.75, 3.05) is 26.7 Å². The zero-order valence-corrected chi connectivity index (χ0v) is 9.26. The highest BCUT2D eigenvalue weighted by Gasteiger charge is 2.37. The van der Waals surface area contributed by atoms with Crippen molar-refractivity contribution >= 4 is 11.9 Å². The molecule has 2 aliphatic rings. The minimum atomic E-state index is -1.00. The molecule has 90 valence electrons. The summed E-state index contributed by atoms with van der Waals surface area (Å²) < 4.78 is 4.97. The number of carboxylic acids is 1. The Labute approximate surface area is 93.8 Å². The lowest BCUT2D eigenvalue weighted by Gasteiger charge is -2.37. The fraction of sp³-hybridized carbons (Fsp3) is 0.800. The summed E-state index contributed by atoms with van der Waals surface area (Å²) in [4.78, 5) is 26.2. The molecule has 2 aliphatic heterocycles. The van der Waals surface area contributed by atoms with E-state index >= 15 is 0 Å². The first-order valence-corrected chi connectivity index (χ1v) is 5.43. The van der Waals surface area contributed by atoms with E-state index in [2.05, 4.69) is 4.90 Å². The first kappa shape index (κ1) is 11.3. The molecule has 6 nitrogen and oxygen atoms in total. The van der Waals surface area contributed by atoms with Crippen LogP contribution in [0.15, 0.2) is 0 Å². The maximum atomic E-state index is 11.7. The van der Waals surface area contributed by atoms with Gasteiger partial charge in [-0.25, -0.2) is 4.79 Å². The van der Waals surface area contributed by atoms with Gasteiger partial charge in [-0.15, -0.1) is 0 Å². The lowest BCUT2D eigenvalue weighted by atomic mass is 10.2. The van der Waals surface area contributed by atoms with E-state index in [1.54, 1.807) is 4.90 Å². The van der Waals surface area contributed by atoms with Crippen molar-refractivity contribution in [3.8, 4) is 0 Å². The summed E-state index contributed by atoms with van der Waals surface area (Å²) in [5.41, 5.74) is 0. The van der Waals surface area contributed by atoms with Crippen LogP contribution in [0.1, 0.15) is 12.8 Å². The summed E-state index contributed by atoms with van der Waals surface area (Å²) in [6.07, 6.45) is 1.11. The van der Waals surface area contributed by atoms with Crippen molar-refractivity contribution in [3.05, 3.63) is 0 Å². The molecule has 0 aromatic heterocycles. The van der Waals surface area contributed by atoms with Crippen LogP contribution in [0, 0.1) is 0 Å². The van der Waals surface area contributed by atoms with E-state index in [0.29, 0.717) is 0 Å². The number of likely N-dealkylation sites (tertiary alicyclic amines) is 1. The summed E-state index contributed by atoms with van der Waals surface area (Å²) in [5, 5.41) is 8.87. The standard InChI is InChI=1S/C10H16N2O4/c1-11-4-2-3-8(11)12-5-7(10(14)15)16-6-9(12)13/h7-8H,2-6H2,1H3,(H,14,15). The normalized spacial score (nSPS) is 32.1. The largest absolute Gasteiger partial charge is 0.479 e. The van der Waals surface area contributed by atoms with Crippen LogP contribution in [-0.2, 0) is 14.3 Å².